The largest absolute Gasteiger partial charge is 0.369 e. The van der Waals surface area contributed by atoms with Gasteiger partial charge in [0.2, 0.25) is 5.91 Å². The number of carbonyl (C=O) groups is 1. The third-order valence-electron chi connectivity index (χ3n) is 7.23. The number of hydrogen-bond donors (Lipinski definition) is 2. The maximum absolute atomic E-state index is 12.8. The molecule has 2 fully saturated rings. The molecule has 2 aromatic carbocycles. The van der Waals surface area contributed by atoms with Crippen LogP contribution in [0.3, 0.4) is 0 Å². The lowest BCUT2D eigenvalue weighted by Crippen LogP contribution is -2.49. The van der Waals surface area contributed by atoms with Gasteiger partial charge in [0.1, 0.15) is 0 Å². The van der Waals surface area contributed by atoms with Crippen molar-refractivity contribution in [1.82, 2.24) is 20.2 Å². The Hall–Kier alpha value is -2.28. The summed E-state index contributed by atoms with van der Waals surface area (Å²) in [5.74, 6) is 0.125. The summed E-state index contributed by atoms with van der Waals surface area (Å²) in [7, 11) is 0. The highest BCUT2D eigenvalue weighted by Crippen LogP contribution is 2.32. The summed E-state index contributed by atoms with van der Waals surface area (Å²) in [4.78, 5) is 19.7. The van der Waals surface area contributed by atoms with E-state index in [0.29, 0.717) is 10.0 Å². The molecule has 3 heterocycles. The molecule has 5 rings (SSSR count). The first kappa shape index (κ1) is 23.5. The summed E-state index contributed by atoms with van der Waals surface area (Å²) in [6.45, 7) is 8.13. The summed E-state index contributed by atoms with van der Waals surface area (Å²) in [5.41, 5.74) is 4.18. The van der Waals surface area contributed by atoms with Crippen LogP contribution in [0.1, 0.15) is 51.6 Å². The molecule has 0 spiro atoms. The number of nitrogens with zero attached hydrogens (tertiary/aromatic N) is 3. The smallest absolute Gasteiger partial charge is 0.237 e. The molecular formula is C26H31Cl2N5O. The number of fused-ring (bicyclic) bond motifs is 1. The fourth-order valence-electron chi connectivity index (χ4n) is 5.24. The third kappa shape index (κ3) is 4.64. The number of benzene rings is 2. The second kappa shape index (κ2) is 9.06. The van der Waals surface area contributed by atoms with E-state index in [-0.39, 0.29) is 29.6 Å². The molecule has 34 heavy (non-hydrogen) atoms. The zero-order valence-corrected chi connectivity index (χ0v) is 21.3. The Kier molecular flexibility index (Phi) is 6.25. The van der Waals surface area contributed by atoms with Crippen molar-refractivity contribution in [2.45, 2.75) is 63.7 Å². The van der Waals surface area contributed by atoms with Crippen LogP contribution in [0.4, 0.5) is 5.69 Å². The Bertz CT molecular complexity index is 1220. The summed E-state index contributed by atoms with van der Waals surface area (Å²) in [6.07, 6.45) is 4.73. The molecule has 2 aliphatic rings. The van der Waals surface area contributed by atoms with Gasteiger partial charge in [0.25, 0.3) is 0 Å². The van der Waals surface area contributed by atoms with E-state index in [4.69, 9.17) is 23.2 Å². The van der Waals surface area contributed by atoms with Crippen LogP contribution in [-0.2, 0) is 4.79 Å². The van der Waals surface area contributed by atoms with Gasteiger partial charge in [-0.3, -0.25) is 4.79 Å². The minimum absolute atomic E-state index is 0.0128. The summed E-state index contributed by atoms with van der Waals surface area (Å²) >= 11 is 12.6. The van der Waals surface area contributed by atoms with E-state index in [1.807, 2.05) is 18.5 Å². The van der Waals surface area contributed by atoms with Crippen molar-refractivity contribution in [3.8, 4) is 0 Å². The summed E-state index contributed by atoms with van der Waals surface area (Å²) in [6, 6.07) is 12.1. The Morgan fingerprint density at radius 1 is 1.21 bits per heavy atom. The average Bonchev–Trinajstić information content (AvgIpc) is 3.51. The number of carbonyl (C=O) groups excluding carboxylic acids is 1. The minimum atomic E-state index is -0.0871. The van der Waals surface area contributed by atoms with Crippen LogP contribution < -0.4 is 15.5 Å². The van der Waals surface area contributed by atoms with Crippen molar-refractivity contribution >= 4 is 45.8 Å². The number of amides is 1. The van der Waals surface area contributed by atoms with Gasteiger partial charge in [-0.1, -0.05) is 29.3 Å². The standard InChI is InChI=1S/C26H31Cl2N5O/c1-16(20-6-4-17(27)12-21(20)28)33-15-29-22-7-5-19(13-24(22)33)32-11-9-18(14-32)30-25(34)23-8-10-26(2,3)31-23/h4-7,12-13,15-16,18,23,31H,8-11,14H2,1-3H3,(H,30,34)/t16-,18?,23-/m1/s1. The molecule has 0 saturated carbocycles. The highest BCUT2D eigenvalue weighted by atomic mass is 35.5. The zero-order valence-electron chi connectivity index (χ0n) is 19.8. The van der Waals surface area contributed by atoms with Gasteiger partial charge in [-0.25, -0.2) is 4.98 Å². The number of aromatic nitrogens is 2. The average molecular weight is 500 g/mol. The highest BCUT2D eigenvalue weighted by Gasteiger charge is 2.35. The Balaban J connectivity index is 1.31. The molecule has 2 N–H and O–H groups in total. The van der Waals surface area contributed by atoms with Crippen LogP contribution in [0.15, 0.2) is 42.7 Å². The first-order valence-corrected chi connectivity index (χ1v) is 12.7. The first-order chi connectivity index (χ1) is 16.2. The maximum atomic E-state index is 12.8. The fraction of sp³-hybridized carbons (Fsp3) is 0.462. The molecular weight excluding hydrogens is 469 g/mol. The predicted molar refractivity (Wildman–Crippen MR) is 139 cm³/mol. The Labute approximate surface area is 210 Å². The molecule has 1 amide bonds. The molecule has 0 radical (unpaired) electrons. The van der Waals surface area contributed by atoms with Gasteiger partial charge >= 0.3 is 0 Å². The Morgan fingerprint density at radius 3 is 2.76 bits per heavy atom. The van der Waals surface area contributed by atoms with E-state index < -0.39 is 0 Å². The lowest BCUT2D eigenvalue weighted by Gasteiger charge is -2.22. The van der Waals surface area contributed by atoms with Crippen LogP contribution in [0, 0.1) is 0 Å². The van der Waals surface area contributed by atoms with Crippen LogP contribution in [0.25, 0.3) is 11.0 Å². The third-order valence-corrected chi connectivity index (χ3v) is 7.79. The number of nitrogens with one attached hydrogen (secondary N) is 2. The summed E-state index contributed by atoms with van der Waals surface area (Å²) < 4.78 is 2.15. The zero-order chi connectivity index (χ0) is 24.0. The molecule has 2 saturated heterocycles. The van der Waals surface area contributed by atoms with Crippen molar-refractivity contribution in [1.29, 1.82) is 0 Å². The molecule has 2 aliphatic heterocycles. The van der Waals surface area contributed by atoms with Crippen molar-refractivity contribution in [2.75, 3.05) is 18.0 Å². The number of halogens is 2. The molecule has 180 valence electrons. The minimum Gasteiger partial charge on any atom is -0.369 e. The number of hydrogen-bond acceptors (Lipinski definition) is 4. The van der Waals surface area contributed by atoms with Gasteiger partial charge in [0.05, 0.1) is 29.4 Å². The molecule has 3 atom stereocenters. The van der Waals surface area contributed by atoms with Gasteiger partial charge < -0.3 is 20.1 Å². The van der Waals surface area contributed by atoms with Crippen molar-refractivity contribution in [2.24, 2.45) is 0 Å². The van der Waals surface area contributed by atoms with Gasteiger partial charge in [-0.15, -0.1) is 0 Å². The van der Waals surface area contributed by atoms with Crippen molar-refractivity contribution in [3.63, 3.8) is 0 Å². The normalized spacial score (nSPS) is 22.9. The van der Waals surface area contributed by atoms with Crippen LogP contribution in [0.2, 0.25) is 10.0 Å². The molecule has 0 bridgehead atoms. The molecule has 1 aromatic heterocycles. The monoisotopic (exact) mass is 499 g/mol. The van der Waals surface area contributed by atoms with E-state index in [1.54, 1.807) is 6.07 Å². The highest BCUT2D eigenvalue weighted by molar-refractivity contribution is 6.35. The van der Waals surface area contributed by atoms with E-state index >= 15 is 0 Å². The van der Waals surface area contributed by atoms with Crippen LogP contribution in [-0.4, -0.2) is 46.2 Å². The van der Waals surface area contributed by atoms with Crippen LogP contribution >= 0.6 is 23.2 Å². The van der Waals surface area contributed by atoms with Gasteiger partial charge in [0.15, 0.2) is 0 Å². The molecule has 3 aromatic rings. The number of imidazole rings is 1. The lowest BCUT2D eigenvalue weighted by atomic mass is 10.0. The summed E-state index contributed by atoms with van der Waals surface area (Å²) in [5, 5.41) is 7.99. The van der Waals surface area contributed by atoms with Crippen molar-refractivity contribution in [3.05, 3.63) is 58.3 Å². The van der Waals surface area contributed by atoms with Gasteiger partial charge in [-0.05, 0) is 75.9 Å². The molecule has 8 heteroatoms. The van der Waals surface area contributed by atoms with Gasteiger partial charge in [-0.2, -0.15) is 0 Å². The van der Waals surface area contributed by atoms with Crippen molar-refractivity contribution < 1.29 is 4.79 Å². The van der Waals surface area contributed by atoms with E-state index in [1.165, 1.54) is 0 Å². The maximum Gasteiger partial charge on any atom is 0.237 e. The quantitative estimate of drug-likeness (QED) is 0.507. The van der Waals surface area contributed by atoms with E-state index in [9.17, 15) is 4.79 Å². The molecule has 1 unspecified atom stereocenters. The van der Waals surface area contributed by atoms with Crippen LogP contribution in [0.5, 0.6) is 0 Å². The SMILES string of the molecule is C[C@H](c1ccc(Cl)cc1Cl)n1cnc2ccc(N3CCC(NC(=O)[C@H]4CCC(C)(C)N4)C3)cc21. The number of anilines is 1. The second-order valence-electron chi connectivity index (χ2n) is 10.2. The lowest BCUT2D eigenvalue weighted by molar-refractivity contribution is -0.123. The predicted octanol–water partition coefficient (Wildman–Crippen LogP) is 5.18. The van der Waals surface area contributed by atoms with E-state index in [2.05, 4.69) is 64.1 Å². The van der Waals surface area contributed by atoms with E-state index in [0.717, 1.165) is 54.6 Å². The topological polar surface area (TPSA) is 62.2 Å². The molecule has 6 nitrogen and oxygen atoms in total. The first-order valence-electron chi connectivity index (χ1n) is 11.9. The fourth-order valence-corrected chi connectivity index (χ4v) is 5.81. The number of rotatable bonds is 5. The second-order valence-corrected chi connectivity index (χ2v) is 11.1. The van der Waals surface area contributed by atoms with Gasteiger partial charge in [0, 0.05) is 40.4 Å². The molecule has 0 aliphatic carbocycles. The Morgan fingerprint density at radius 2 is 2.03 bits per heavy atom.